The lowest BCUT2D eigenvalue weighted by atomic mass is 9.96. The molecule has 1 aliphatic rings. The molecular weight excluding hydrogens is 386 g/mol. The van der Waals surface area contributed by atoms with Gasteiger partial charge in [0, 0.05) is 31.4 Å². The second kappa shape index (κ2) is 8.89. The zero-order valence-corrected chi connectivity index (χ0v) is 16.9. The third-order valence-corrected chi connectivity index (χ3v) is 5.12. The first-order valence-corrected chi connectivity index (χ1v) is 9.84. The predicted octanol–water partition coefficient (Wildman–Crippen LogP) is 2.71. The van der Waals surface area contributed by atoms with Gasteiger partial charge >= 0.3 is 0 Å². The molecule has 9 heteroatoms. The summed E-state index contributed by atoms with van der Waals surface area (Å²) in [6.07, 6.45) is 5.66. The first-order valence-electron chi connectivity index (χ1n) is 9.84. The summed E-state index contributed by atoms with van der Waals surface area (Å²) < 4.78 is 16.5. The zero-order chi connectivity index (χ0) is 20.9. The first-order chi connectivity index (χ1) is 14.7. The average molecular weight is 409 g/mol. The van der Waals surface area contributed by atoms with Crippen LogP contribution in [0.1, 0.15) is 31.5 Å². The molecule has 156 valence electrons. The standard InChI is InChI=1S/C21H23N5O4/c1-14(29-18-6-4-3-5-17(18)28-2)21(27)26-11-7-15(8-12-26)19-24-20(30-25-19)16-13-22-9-10-23-16/h3-6,9-10,13-15H,7-8,11-12H2,1-2H3. The van der Waals surface area contributed by atoms with Crippen molar-refractivity contribution in [2.24, 2.45) is 0 Å². The number of aromatic nitrogens is 4. The van der Waals surface area contributed by atoms with E-state index in [-0.39, 0.29) is 11.8 Å². The molecule has 9 nitrogen and oxygen atoms in total. The quantitative estimate of drug-likeness (QED) is 0.612. The maximum Gasteiger partial charge on any atom is 0.278 e. The molecule has 1 aliphatic heterocycles. The summed E-state index contributed by atoms with van der Waals surface area (Å²) in [7, 11) is 1.58. The number of nitrogens with zero attached hydrogens (tertiary/aromatic N) is 5. The highest BCUT2D eigenvalue weighted by Crippen LogP contribution is 2.29. The van der Waals surface area contributed by atoms with Crippen molar-refractivity contribution in [3.63, 3.8) is 0 Å². The molecule has 1 atom stereocenters. The zero-order valence-electron chi connectivity index (χ0n) is 16.9. The minimum absolute atomic E-state index is 0.0484. The number of hydrogen-bond acceptors (Lipinski definition) is 8. The van der Waals surface area contributed by atoms with Gasteiger partial charge in [-0.05, 0) is 31.9 Å². The minimum atomic E-state index is -0.605. The maximum atomic E-state index is 12.8. The van der Waals surface area contributed by atoms with Crippen molar-refractivity contribution < 1.29 is 18.8 Å². The molecule has 1 saturated heterocycles. The number of para-hydroxylation sites is 2. The second-order valence-electron chi connectivity index (χ2n) is 7.06. The number of carbonyl (C=O) groups is 1. The van der Waals surface area contributed by atoms with E-state index in [9.17, 15) is 4.79 Å². The first kappa shape index (κ1) is 19.8. The van der Waals surface area contributed by atoms with E-state index in [0.29, 0.717) is 42.0 Å². The smallest absolute Gasteiger partial charge is 0.278 e. The Labute approximate surface area is 174 Å². The third-order valence-electron chi connectivity index (χ3n) is 5.12. The van der Waals surface area contributed by atoms with Gasteiger partial charge in [0.15, 0.2) is 23.4 Å². The van der Waals surface area contributed by atoms with Crippen LogP contribution in [-0.2, 0) is 4.79 Å². The van der Waals surface area contributed by atoms with Crippen LogP contribution in [0.3, 0.4) is 0 Å². The van der Waals surface area contributed by atoms with Crippen LogP contribution < -0.4 is 9.47 Å². The van der Waals surface area contributed by atoms with Crippen molar-refractivity contribution in [2.75, 3.05) is 20.2 Å². The maximum absolute atomic E-state index is 12.8. The average Bonchev–Trinajstić information content (AvgIpc) is 3.30. The van der Waals surface area contributed by atoms with Gasteiger partial charge in [-0.15, -0.1) is 0 Å². The van der Waals surface area contributed by atoms with E-state index in [4.69, 9.17) is 14.0 Å². The van der Waals surface area contributed by atoms with Crippen LogP contribution in [0.15, 0.2) is 47.4 Å². The van der Waals surface area contributed by atoms with Crippen LogP contribution in [0.5, 0.6) is 11.5 Å². The molecule has 1 amide bonds. The van der Waals surface area contributed by atoms with E-state index in [2.05, 4.69) is 20.1 Å². The second-order valence-corrected chi connectivity index (χ2v) is 7.06. The number of methoxy groups -OCH3 is 1. The molecule has 1 fully saturated rings. The van der Waals surface area contributed by atoms with Crippen LogP contribution in [0.4, 0.5) is 0 Å². The summed E-state index contributed by atoms with van der Waals surface area (Å²) >= 11 is 0. The molecule has 3 heterocycles. The molecule has 4 rings (SSSR count). The normalized spacial score (nSPS) is 15.6. The Hall–Kier alpha value is -3.49. The Balaban J connectivity index is 1.34. The lowest BCUT2D eigenvalue weighted by molar-refractivity contribution is -0.139. The van der Waals surface area contributed by atoms with Crippen molar-refractivity contribution in [1.29, 1.82) is 0 Å². The molecular formula is C21H23N5O4. The topological polar surface area (TPSA) is 103 Å². The van der Waals surface area contributed by atoms with Crippen molar-refractivity contribution >= 4 is 5.91 Å². The SMILES string of the molecule is COc1ccccc1OC(C)C(=O)N1CCC(c2noc(-c3cnccn3)n2)CC1. The third kappa shape index (κ3) is 4.24. The lowest BCUT2D eigenvalue weighted by Crippen LogP contribution is -2.44. The molecule has 1 unspecified atom stereocenters. The van der Waals surface area contributed by atoms with E-state index >= 15 is 0 Å². The highest BCUT2D eigenvalue weighted by molar-refractivity contribution is 5.81. The van der Waals surface area contributed by atoms with Gasteiger partial charge in [-0.3, -0.25) is 9.78 Å². The number of likely N-dealkylation sites (tertiary alicyclic amines) is 1. The number of rotatable bonds is 6. The number of benzene rings is 1. The lowest BCUT2D eigenvalue weighted by Gasteiger charge is -2.32. The number of piperidine rings is 1. The number of carbonyl (C=O) groups excluding carboxylic acids is 1. The van der Waals surface area contributed by atoms with E-state index in [1.165, 1.54) is 0 Å². The Bertz CT molecular complexity index is 986. The summed E-state index contributed by atoms with van der Waals surface area (Å²) in [5.74, 6) is 2.24. The van der Waals surface area contributed by atoms with E-state index in [1.807, 2.05) is 17.0 Å². The number of amides is 1. The van der Waals surface area contributed by atoms with Crippen molar-refractivity contribution in [3.05, 3.63) is 48.7 Å². The van der Waals surface area contributed by atoms with Gasteiger partial charge in [0.05, 0.1) is 13.3 Å². The monoisotopic (exact) mass is 409 g/mol. The van der Waals surface area contributed by atoms with Gasteiger partial charge < -0.3 is 18.9 Å². The van der Waals surface area contributed by atoms with E-state index < -0.39 is 6.10 Å². The predicted molar refractivity (Wildman–Crippen MR) is 107 cm³/mol. The molecule has 30 heavy (non-hydrogen) atoms. The van der Waals surface area contributed by atoms with Gasteiger partial charge in [0.1, 0.15) is 5.69 Å². The van der Waals surface area contributed by atoms with Gasteiger partial charge in [-0.25, -0.2) is 4.98 Å². The van der Waals surface area contributed by atoms with Crippen molar-refractivity contribution in [1.82, 2.24) is 25.0 Å². The summed E-state index contributed by atoms with van der Waals surface area (Å²) in [5, 5.41) is 4.10. The van der Waals surface area contributed by atoms with Crippen molar-refractivity contribution in [2.45, 2.75) is 31.8 Å². The fraction of sp³-hybridized carbons (Fsp3) is 0.381. The molecule has 3 aromatic rings. The highest BCUT2D eigenvalue weighted by atomic mass is 16.5. The Morgan fingerprint density at radius 3 is 2.67 bits per heavy atom. The van der Waals surface area contributed by atoms with Crippen LogP contribution in [0.25, 0.3) is 11.6 Å². The minimum Gasteiger partial charge on any atom is -0.493 e. The summed E-state index contributed by atoms with van der Waals surface area (Å²) in [6.45, 7) is 2.98. The summed E-state index contributed by atoms with van der Waals surface area (Å²) in [4.78, 5) is 27.3. The van der Waals surface area contributed by atoms with Crippen LogP contribution in [0, 0.1) is 0 Å². The molecule has 2 aromatic heterocycles. The molecule has 0 radical (unpaired) electrons. The number of ether oxygens (including phenoxy) is 2. The Kier molecular flexibility index (Phi) is 5.87. The van der Waals surface area contributed by atoms with Crippen molar-refractivity contribution in [3.8, 4) is 23.1 Å². The molecule has 0 spiro atoms. The van der Waals surface area contributed by atoms with Gasteiger partial charge in [-0.2, -0.15) is 4.98 Å². The largest absolute Gasteiger partial charge is 0.493 e. The summed E-state index contributed by atoms with van der Waals surface area (Å²) in [5.41, 5.74) is 0.547. The van der Waals surface area contributed by atoms with Gasteiger partial charge in [0.2, 0.25) is 0 Å². The number of hydrogen-bond donors (Lipinski definition) is 0. The fourth-order valence-electron chi connectivity index (χ4n) is 3.49. The van der Waals surface area contributed by atoms with Crippen LogP contribution in [0.2, 0.25) is 0 Å². The summed E-state index contributed by atoms with van der Waals surface area (Å²) in [6, 6.07) is 7.30. The van der Waals surface area contributed by atoms with E-state index in [1.54, 1.807) is 44.8 Å². The fourth-order valence-corrected chi connectivity index (χ4v) is 3.49. The van der Waals surface area contributed by atoms with Crippen LogP contribution in [-0.4, -0.2) is 57.2 Å². The molecule has 0 aliphatic carbocycles. The van der Waals surface area contributed by atoms with Gasteiger partial charge in [0.25, 0.3) is 11.8 Å². The molecule has 0 N–H and O–H groups in total. The van der Waals surface area contributed by atoms with Gasteiger partial charge in [-0.1, -0.05) is 17.3 Å². The van der Waals surface area contributed by atoms with E-state index in [0.717, 1.165) is 12.8 Å². The highest BCUT2D eigenvalue weighted by Gasteiger charge is 2.30. The Morgan fingerprint density at radius 1 is 1.20 bits per heavy atom. The molecule has 1 aromatic carbocycles. The Morgan fingerprint density at radius 2 is 1.97 bits per heavy atom. The molecule has 0 saturated carbocycles. The van der Waals surface area contributed by atoms with Crippen LogP contribution >= 0.6 is 0 Å². The molecule has 0 bridgehead atoms.